The first kappa shape index (κ1) is 17.9. The molecule has 0 aromatic heterocycles. The first-order valence-electron chi connectivity index (χ1n) is 9.25. The summed E-state index contributed by atoms with van der Waals surface area (Å²) in [4.78, 5) is 15.5. The smallest absolute Gasteiger partial charge is 0.234 e. The van der Waals surface area contributed by atoms with Crippen LogP contribution < -0.4 is 4.90 Å². The van der Waals surface area contributed by atoms with Crippen molar-refractivity contribution < 1.29 is 4.79 Å². The van der Waals surface area contributed by atoms with Gasteiger partial charge in [-0.2, -0.15) is 0 Å². The van der Waals surface area contributed by atoms with E-state index in [9.17, 15) is 4.79 Å². The summed E-state index contributed by atoms with van der Waals surface area (Å²) in [5.41, 5.74) is 3.17. The van der Waals surface area contributed by atoms with Crippen LogP contribution in [0.4, 0.5) is 5.69 Å². The third-order valence-corrected chi connectivity index (χ3v) is 4.59. The Labute approximate surface area is 156 Å². The second kappa shape index (κ2) is 9.00. The van der Waals surface area contributed by atoms with Crippen LogP contribution in [0.5, 0.6) is 0 Å². The summed E-state index contributed by atoms with van der Waals surface area (Å²) in [5, 5.41) is 0. The first-order valence-corrected chi connectivity index (χ1v) is 9.25. The molecule has 2 nitrogen and oxygen atoms in total. The van der Waals surface area contributed by atoms with Crippen molar-refractivity contribution in [1.29, 1.82) is 0 Å². The van der Waals surface area contributed by atoms with Crippen LogP contribution in [0.1, 0.15) is 36.8 Å². The molecule has 0 radical (unpaired) electrons. The number of carbonyl (C=O) groups is 1. The van der Waals surface area contributed by atoms with Gasteiger partial charge < -0.3 is 4.90 Å². The molecule has 0 saturated carbocycles. The summed E-state index contributed by atoms with van der Waals surface area (Å²) >= 11 is 0. The summed E-state index contributed by atoms with van der Waals surface area (Å²) < 4.78 is 0. The highest BCUT2D eigenvalue weighted by molar-refractivity contribution is 5.98. The van der Waals surface area contributed by atoms with Crippen molar-refractivity contribution in [2.75, 3.05) is 4.90 Å². The molecule has 0 fully saturated rings. The molecular weight excluding hydrogens is 318 g/mol. The third-order valence-electron chi connectivity index (χ3n) is 4.59. The number of nitrogens with zero attached hydrogens (tertiary/aromatic N) is 1. The Morgan fingerprint density at radius 1 is 0.808 bits per heavy atom. The van der Waals surface area contributed by atoms with Crippen LogP contribution in [-0.2, 0) is 11.3 Å². The maximum Gasteiger partial charge on any atom is 0.234 e. The molecule has 0 bridgehead atoms. The fourth-order valence-electron chi connectivity index (χ4n) is 3.27. The number of benzene rings is 3. The van der Waals surface area contributed by atoms with Gasteiger partial charge in [0.25, 0.3) is 0 Å². The average molecular weight is 343 g/mol. The van der Waals surface area contributed by atoms with Gasteiger partial charge in [-0.05, 0) is 29.7 Å². The third kappa shape index (κ3) is 4.40. The summed E-state index contributed by atoms with van der Waals surface area (Å²) in [6.45, 7) is 2.71. The lowest BCUT2D eigenvalue weighted by Gasteiger charge is -2.28. The van der Waals surface area contributed by atoms with E-state index in [4.69, 9.17) is 0 Å². The number of anilines is 1. The maximum absolute atomic E-state index is 13.6. The highest BCUT2D eigenvalue weighted by Crippen LogP contribution is 2.28. The SMILES string of the molecule is CCCC(C(=O)N(Cc1ccccc1)c1ccccc1)c1ccccc1. The van der Waals surface area contributed by atoms with Crippen molar-refractivity contribution in [2.24, 2.45) is 0 Å². The minimum absolute atomic E-state index is 0.120. The van der Waals surface area contributed by atoms with Crippen molar-refractivity contribution in [2.45, 2.75) is 32.2 Å². The van der Waals surface area contributed by atoms with Gasteiger partial charge in [0, 0.05) is 5.69 Å². The molecule has 2 heteroatoms. The van der Waals surface area contributed by atoms with Gasteiger partial charge in [-0.1, -0.05) is 92.2 Å². The Morgan fingerprint density at radius 3 is 1.92 bits per heavy atom. The van der Waals surface area contributed by atoms with E-state index in [-0.39, 0.29) is 11.8 Å². The number of hydrogen-bond donors (Lipinski definition) is 0. The van der Waals surface area contributed by atoms with Gasteiger partial charge >= 0.3 is 0 Å². The highest BCUT2D eigenvalue weighted by Gasteiger charge is 2.26. The van der Waals surface area contributed by atoms with E-state index in [0.29, 0.717) is 6.54 Å². The van der Waals surface area contributed by atoms with Crippen LogP contribution in [0.15, 0.2) is 91.0 Å². The molecule has 1 amide bonds. The molecule has 26 heavy (non-hydrogen) atoms. The van der Waals surface area contributed by atoms with Crippen molar-refractivity contribution in [3.05, 3.63) is 102 Å². The highest BCUT2D eigenvalue weighted by atomic mass is 16.2. The number of amides is 1. The fourth-order valence-corrected chi connectivity index (χ4v) is 3.27. The van der Waals surface area contributed by atoms with Crippen molar-refractivity contribution in [1.82, 2.24) is 0 Å². The van der Waals surface area contributed by atoms with E-state index in [1.54, 1.807) is 0 Å². The number of para-hydroxylation sites is 1. The van der Waals surface area contributed by atoms with E-state index in [1.807, 2.05) is 71.6 Å². The first-order chi connectivity index (χ1) is 12.8. The lowest BCUT2D eigenvalue weighted by molar-refractivity contribution is -0.120. The van der Waals surface area contributed by atoms with Crippen molar-refractivity contribution >= 4 is 11.6 Å². The lowest BCUT2D eigenvalue weighted by Crippen LogP contribution is -2.34. The second-order valence-corrected chi connectivity index (χ2v) is 6.50. The largest absolute Gasteiger partial charge is 0.307 e. The summed E-state index contributed by atoms with van der Waals surface area (Å²) in [7, 11) is 0. The Morgan fingerprint density at radius 2 is 1.35 bits per heavy atom. The van der Waals surface area contributed by atoms with Crippen LogP contribution >= 0.6 is 0 Å². The van der Waals surface area contributed by atoms with E-state index >= 15 is 0 Å². The van der Waals surface area contributed by atoms with E-state index in [2.05, 4.69) is 31.2 Å². The zero-order valence-corrected chi connectivity index (χ0v) is 15.2. The molecule has 0 heterocycles. The number of hydrogen-bond acceptors (Lipinski definition) is 1. The average Bonchev–Trinajstić information content (AvgIpc) is 2.72. The summed E-state index contributed by atoms with van der Waals surface area (Å²) in [6, 6.07) is 30.3. The van der Waals surface area contributed by atoms with Gasteiger partial charge in [0.05, 0.1) is 12.5 Å². The normalized spacial score (nSPS) is 11.7. The predicted molar refractivity (Wildman–Crippen MR) is 108 cm³/mol. The van der Waals surface area contributed by atoms with Gasteiger partial charge in [0.2, 0.25) is 5.91 Å². The number of rotatable bonds is 7. The standard InChI is InChI=1S/C24H25NO/c1-2-12-23(21-15-8-4-9-16-21)24(26)25(22-17-10-5-11-18-22)19-20-13-6-3-7-14-20/h3-11,13-18,23H,2,12,19H2,1H3. The molecule has 0 N–H and O–H groups in total. The van der Waals surface area contributed by atoms with Crippen molar-refractivity contribution in [3.8, 4) is 0 Å². The molecule has 0 saturated heterocycles. The minimum Gasteiger partial charge on any atom is -0.307 e. The molecule has 1 atom stereocenters. The van der Waals surface area contributed by atoms with Gasteiger partial charge in [-0.25, -0.2) is 0 Å². The van der Waals surface area contributed by atoms with Gasteiger partial charge in [-0.15, -0.1) is 0 Å². The zero-order chi connectivity index (χ0) is 18.2. The molecule has 132 valence electrons. The Hall–Kier alpha value is -2.87. The monoisotopic (exact) mass is 343 g/mol. The van der Waals surface area contributed by atoms with Gasteiger partial charge in [0.15, 0.2) is 0 Å². The predicted octanol–water partition coefficient (Wildman–Crippen LogP) is 5.80. The molecule has 1 unspecified atom stereocenters. The topological polar surface area (TPSA) is 20.3 Å². The van der Waals surface area contributed by atoms with E-state index in [1.165, 1.54) is 0 Å². The zero-order valence-electron chi connectivity index (χ0n) is 15.2. The van der Waals surface area contributed by atoms with Crippen LogP contribution in [0.2, 0.25) is 0 Å². The molecular formula is C24H25NO. The Bertz CT molecular complexity index is 799. The molecule has 0 aliphatic carbocycles. The Kier molecular flexibility index (Phi) is 6.21. The maximum atomic E-state index is 13.6. The lowest BCUT2D eigenvalue weighted by atomic mass is 9.92. The van der Waals surface area contributed by atoms with Crippen LogP contribution in [0.25, 0.3) is 0 Å². The minimum atomic E-state index is -0.120. The van der Waals surface area contributed by atoms with Crippen LogP contribution in [0.3, 0.4) is 0 Å². The number of carbonyl (C=O) groups excluding carboxylic acids is 1. The van der Waals surface area contributed by atoms with E-state index in [0.717, 1.165) is 29.7 Å². The summed E-state index contributed by atoms with van der Waals surface area (Å²) in [5.74, 6) is 0.0400. The molecule has 0 aliphatic heterocycles. The quantitative estimate of drug-likeness (QED) is 0.530. The molecule has 3 rings (SSSR count). The molecule has 3 aromatic rings. The van der Waals surface area contributed by atoms with Crippen molar-refractivity contribution in [3.63, 3.8) is 0 Å². The molecule has 3 aromatic carbocycles. The fraction of sp³-hybridized carbons (Fsp3) is 0.208. The van der Waals surface area contributed by atoms with Crippen LogP contribution in [0, 0.1) is 0 Å². The van der Waals surface area contributed by atoms with Crippen LogP contribution in [-0.4, -0.2) is 5.91 Å². The van der Waals surface area contributed by atoms with Gasteiger partial charge in [-0.3, -0.25) is 4.79 Å². The van der Waals surface area contributed by atoms with E-state index < -0.39 is 0 Å². The second-order valence-electron chi connectivity index (χ2n) is 6.50. The Balaban J connectivity index is 1.95. The van der Waals surface area contributed by atoms with Gasteiger partial charge in [0.1, 0.15) is 0 Å². The molecule has 0 aliphatic rings. The molecule has 0 spiro atoms. The summed E-state index contributed by atoms with van der Waals surface area (Å²) in [6.07, 6.45) is 1.82.